The van der Waals surface area contributed by atoms with Gasteiger partial charge in [-0.3, -0.25) is 4.79 Å². The Hall–Kier alpha value is -3.91. The summed E-state index contributed by atoms with van der Waals surface area (Å²) in [4.78, 5) is 13.0. The van der Waals surface area contributed by atoms with E-state index in [0.29, 0.717) is 16.5 Å². The van der Waals surface area contributed by atoms with Gasteiger partial charge in [0.15, 0.2) is 5.75 Å². The number of para-hydroxylation sites is 1. The third-order valence-electron chi connectivity index (χ3n) is 5.16. The molecule has 172 valence electrons. The second kappa shape index (κ2) is 9.15. The molecule has 0 aliphatic heterocycles. The Kier molecular flexibility index (Phi) is 6.26. The molecule has 0 saturated carbocycles. The van der Waals surface area contributed by atoms with Crippen molar-refractivity contribution in [2.75, 3.05) is 5.32 Å². The van der Waals surface area contributed by atoms with Crippen molar-refractivity contribution in [3.05, 3.63) is 94.5 Å². The van der Waals surface area contributed by atoms with Crippen LogP contribution in [0, 0.1) is 6.92 Å². The summed E-state index contributed by atoms with van der Waals surface area (Å²) in [5.74, 6) is -1.04. The van der Waals surface area contributed by atoms with E-state index in [0.717, 1.165) is 23.8 Å². The van der Waals surface area contributed by atoms with Gasteiger partial charge in [-0.15, -0.1) is 10.2 Å². The molecule has 0 aliphatic rings. The molecule has 0 spiro atoms. The largest absolute Gasteiger partial charge is 0.505 e. The van der Waals surface area contributed by atoms with Gasteiger partial charge in [-0.05, 0) is 48.2 Å². The Morgan fingerprint density at radius 2 is 1.68 bits per heavy atom. The molecule has 0 fully saturated rings. The fourth-order valence-corrected chi connectivity index (χ4v) is 3.52. The lowest BCUT2D eigenvalue weighted by atomic mass is 10.0. The van der Waals surface area contributed by atoms with E-state index in [1.165, 1.54) is 6.07 Å². The smallest absolute Gasteiger partial charge is 0.416 e. The molecule has 4 rings (SSSR count). The number of amides is 1. The lowest BCUT2D eigenvalue weighted by molar-refractivity contribution is -0.137. The summed E-state index contributed by atoms with van der Waals surface area (Å²) in [6, 6.07) is 18.1. The van der Waals surface area contributed by atoms with Gasteiger partial charge in [0, 0.05) is 11.1 Å². The molecule has 5 nitrogen and oxygen atoms in total. The predicted octanol–water partition coefficient (Wildman–Crippen LogP) is 8.19. The van der Waals surface area contributed by atoms with Gasteiger partial charge >= 0.3 is 6.18 Å². The van der Waals surface area contributed by atoms with Crippen molar-refractivity contribution in [3.8, 4) is 5.75 Å². The van der Waals surface area contributed by atoms with E-state index < -0.39 is 23.4 Å². The van der Waals surface area contributed by atoms with Crippen LogP contribution < -0.4 is 5.32 Å². The lowest BCUT2D eigenvalue weighted by Crippen LogP contribution is -2.13. The van der Waals surface area contributed by atoms with Crippen LogP contribution in [-0.2, 0) is 6.18 Å². The number of phenols is 1. The molecular weight excluding hydrogens is 467 g/mol. The van der Waals surface area contributed by atoms with Gasteiger partial charge in [-0.2, -0.15) is 13.2 Å². The first-order valence-corrected chi connectivity index (χ1v) is 10.4. The number of hydrogen-bond acceptors (Lipinski definition) is 4. The van der Waals surface area contributed by atoms with Crippen molar-refractivity contribution in [1.29, 1.82) is 0 Å². The summed E-state index contributed by atoms with van der Waals surface area (Å²) >= 11 is 6.01. The lowest BCUT2D eigenvalue weighted by Gasteiger charge is -2.12. The Morgan fingerprint density at radius 3 is 2.41 bits per heavy atom. The van der Waals surface area contributed by atoms with Crippen molar-refractivity contribution in [2.45, 2.75) is 13.1 Å². The second-order valence-corrected chi connectivity index (χ2v) is 7.88. The van der Waals surface area contributed by atoms with Crippen LogP contribution in [0.15, 0.2) is 83.0 Å². The monoisotopic (exact) mass is 483 g/mol. The summed E-state index contributed by atoms with van der Waals surface area (Å²) in [6.45, 7) is 1.83. The van der Waals surface area contributed by atoms with E-state index in [-0.39, 0.29) is 22.0 Å². The van der Waals surface area contributed by atoms with E-state index in [1.54, 1.807) is 36.4 Å². The maximum absolute atomic E-state index is 13.1. The molecule has 9 heteroatoms. The summed E-state index contributed by atoms with van der Waals surface area (Å²) in [6.07, 6.45) is -4.59. The van der Waals surface area contributed by atoms with Gasteiger partial charge in [-0.1, -0.05) is 54.1 Å². The standard InChI is InChI=1S/C25H17ClF3N3O2/c1-14-6-2-5-9-20(14)30-24(34)18-12-15-7-3-4-8-17(15)22(23(18)33)32-31-21-13-16(25(27,28)29)10-11-19(21)26/h2-13,33H,1H3,(H,30,34). The normalized spacial score (nSPS) is 11.8. The van der Waals surface area contributed by atoms with Gasteiger partial charge in [0.25, 0.3) is 5.91 Å². The highest BCUT2D eigenvalue weighted by Crippen LogP contribution is 2.41. The topological polar surface area (TPSA) is 74.0 Å². The molecule has 1 amide bonds. The third-order valence-corrected chi connectivity index (χ3v) is 5.48. The van der Waals surface area contributed by atoms with E-state index in [9.17, 15) is 23.1 Å². The van der Waals surface area contributed by atoms with Gasteiger partial charge < -0.3 is 10.4 Å². The molecule has 0 atom stereocenters. The number of halogens is 4. The zero-order valence-electron chi connectivity index (χ0n) is 17.7. The summed E-state index contributed by atoms with van der Waals surface area (Å²) < 4.78 is 39.3. The fraction of sp³-hybridized carbons (Fsp3) is 0.0800. The van der Waals surface area contributed by atoms with Crippen LogP contribution in [0.25, 0.3) is 10.8 Å². The number of fused-ring (bicyclic) bond motifs is 1. The molecule has 4 aromatic rings. The number of anilines is 1. The number of benzene rings is 4. The number of aryl methyl sites for hydroxylation is 1. The zero-order chi connectivity index (χ0) is 24.5. The zero-order valence-corrected chi connectivity index (χ0v) is 18.4. The maximum Gasteiger partial charge on any atom is 0.416 e. The van der Waals surface area contributed by atoms with E-state index in [1.807, 2.05) is 19.1 Å². The van der Waals surface area contributed by atoms with Crippen molar-refractivity contribution in [1.82, 2.24) is 0 Å². The molecular formula is C25H17ClF3N3O2. The SMILES string of the molecule is Cc1ccccc1NC(=O)c1cc2ccccc2c(N=Nc2cc(C(F)(F)F)ccc2Cl)c1O. The van der Waals surface area contributed by atoms with Crippen molar-refractivity contribution < 1.29 is 23.1 Å². The molecule has 2 N–H and O–H groups in total. The average Bonchev–Trinajstić information content (AvgIpc) is 2.79. The molecule has 0 aliphatic carbocycles. The molecule has 0 saturated heterocycles. The highest BCUT2D eigenvalue weighted by molar-refractivity contribution is 6.33. The Labute approximate surface area is 197 Å². The first-order valence-electron chi connectivity index (χ1n) is 10.1. The highest BCUT2D eigenvalue weighted by atomic mass is 35.5. The molecule has 0 radical (unpaired) electrons. The van der Waals surface area contributed by atoms with Crippen LogP contribution in [-0.4, -0.2) is 11.0 Å². The van der Waals surface area contributed by atoms with Crippen LogP contribution in [0.2, 0.25) is 5.02 Å². The molecule has 34 heavy (non-hydrogen) atoms. The van der Waals surface area contributed by atoms with Crippen molar-refractivity contribution >= 4 is 45.3 Å². The first-order chi connectivity index (χ1) is 16.1. The van der Waals surface area contributed by atoms with E-state index in [2.05, 4.69) is 15.5 Å². The Bertz CT molecular complexity index is 1440. The maximum atomic E-state index is 13.1. The Morgan fingerprint density at radius 1 is 0.971 bits per heavy atom. The number of carbonyl (C=O) groups excluding carboxylic acids is 1. The number of carbonyl (C=O) groups is 1. The summed E-state index contributed by atoms with van der Waals surface area (Å²) in [5, 5.41) is 22.5. The van der Waals surface area contributed by atoms with Crippen molar-refractivity contribution in [3.63, 3.8) is 0 Å². The number of alkyl halides is 3. The molecule has 0 aromatic heterocycles. The van der Waals surface area contributed by atoms with Gasteiger partial charge in [0.05, 0.1) is 16.1 Å². The number of rotatable bonds is 4. The van der Waals surface area contributed by atoms with E-state index >= 15 is 0 Å². The van der Waals surface area contributed by atoms with Crippen LogP contribution in [0.5, 0.6) is 5.75 Å². The average molecular weight is 484 g/mol. The predicted molar refractivity (Wildman–Crippen MR) is 125 cm³/mol. The van der Waals surface area contributed by atoms with Gasteiger partial charge in [0.2, 0.25) is 0 Å². The highest BCUT2D eigenvalue weighted by Gasteiger charge is 2.31. The summed E-state index contributed by atoms with van der Waals surface area (Å²) in [5.41, 5.74) is 0.0998. The Balaban J connectivity index is 1.80. The number of phenolic OH excluding ortho intramolecular Hbond substituents is 1. The van der Waals surface area contributed by atoms with Crippen LogP contribution >= 0.6 is 11.6 Å². The van der Waals surface area contributed by atoms with Gasteiger partial charge in [-0.25, -0.2) is 0 Å². The number of hydrogen-bond donors (Lipinski definition) is 2. The van der Waals surface area contributed by atoms with Crippen LogP contribution in [0.3, 0.4) is 0 Å². The van der Waals surface area contributed by atoms with Crippen LogP contribution in [0.4, 0.5) is 30.2 Å². The summed E-state index contributed by atoms with van der Waals surface area (Å²) in [7, 11) is 0. The van der Waals surface area contributed by atoms with E-state index in [4.69, 9.17) is 11.6 Å². The minimum absolute atomic E-state index is 0.0472. The number of nitrogens with zero attached hydrogens (tertiary/aromatic N) is 2. The molecule has 0 unspecified atom stereocenters. The number of aromatic hydroxyl groups is 1. The van der Waals surface area contributed by atoms with Gasteiger partial charge in [0.1, 0.15) is 11.4 Å². The molecule has 0 heterocycles. The molecule has 4 aromatic carbocycles. The third kappa shape index (κ3) is 4.72. The van der Waals surface area contributed by atoms with Crippen molar-refractivity contribution in [2.24, 2.45) is 10.2 Å². The molecule has 0 bridgehead atoms. The minimum Gasteiger partial charge on any atom is -0.505 e. The number of azo groups is 1. The fourth-order valence-electron chi connectivity index (χ4n) is 3.36. The second-order valence-electron chi connectivity index (χ2n) is 7.48. The first kappa shape index (κ1) is 23.3. The minimum atomic E-state index is -4.59. The van der Waals surface area contributed by atoms with Crippen LogP contribution in [0.1, 0.15) is 21.5 Å². The quantitative estimate of drug-likeness (QED) is 0.287. The number of nitrogens with one attached hydrogen (secondary N) is 1.